The molecule has 27 heavy (non-hydrogen) atoms. The minimum Gasteiger partial charge on any atom is -0.477 e. The van der Waals surface area contributed by atoms with Crippen molar-refractivity contribution in [3.05, 3.63) is 0 Å². The monoisotopic (exact) mass is 386 g/mol. The van der Waals surface area contributed by atoms with E-state index in [1.807, 2.05) is 0 Å². The van der Waals surface area contributed by atoms with Crippen molar-refractivity contribution in [3.63, 3.8) is 0 Å². The Morgan fingerprint density at radius 1 is 0.630 bits per heavy atom. The molecule has 0 saturated heterocycles. The summed E-state index contributed by atoms with van der Waals surface area (Å²) < 4.78 is 11.2. The lowest BCUT2D eigenvalue weighted by Gasteiger charge is -2.25. The molecule has 0 rings (SSSR count). The summed E-state index contributed by atoms with van der Waals surface area (Å²) in [5, 5.41) is 9.43. The average Bonchev–Trinajstić information content (AvgIpc) is 2.65. The van der Waals surface area contributed by atoms with Crippen molar-refractivity contribution in [1.29, 1.82) is 0 Å². The van der Waals surface area contributed by atoms with Gasteiger partial charge in [0.25, 0.3) is 5.79 Å². The van der Waals surface area contributed by atoms with Crippen LogP contribution in [-0.2, 0) is 14.3 Å². The number of ether oxygens (including phenoxy) is 2. The van der Waals surface area contributed by atoms with E-state index in [-0.39, 0.29) is 0 Å². The topological polar surface area (TPSA) is 55.8 Å². The molecule has 0 unspecified atom stereocenters. The van der Waals surface area contributed by atoms with Gasteiger partial charge in [0.2, 0.25) is 0 Å². The van der Waals surface area contributed by atoms with E-state index in [1.54, 1.807) is 0 Å². The maximum atomic E-state index is 11.5. The van der Waals surface area contributed by atoms with Crippen LogP contribution in [-0.4, -0.2) is 30.1 Å². The maximum Gasteiger partial charge on any atom is 0.364 e. The molecule has 0 aromatic rings. The van der Waals surface area contributed by atoms with Crippen LogP contribution in [0.1, 0.15) is 124 Å². The molecular formula is C23H46O4. The van der Waals surface area contributed by atoms with Gasteiger partial charge in [-0.1, -0.05) is 104 Å². The first-order valence-corrected chi connectivity index (χ1v) is 11.6. The van der Waals surface area contributed by atoms with Crippen molar-refractivity contribution in [2.45, 2.75) is 129 Å². The first-order chi connectivity index (χ1) is 13.1. The number of hydrogen-bond donors (Lipinski definition) is 1. The molecular weight excluding hydrogens is 340 g/mol. The molecule has 0 aromatic carbocycles. The van der Waals surface area contributed by atoms with Gasteiger partial charge < -0.3 is 14.6 Å². The fourth-order valence-corrected chi connectivity index (χ4v) is 3.17. The van der Waals surface area contributed by atoms with Crippen LogP contribution in [0.5, 0.6) is 0 Å². The minimum absolute atomic E-state index is 0.454. The van der Waals surface area contributed by atoms with Crippen LogP contribution in [0.15, 0.2) is 0 Å². The van der Waals surface area contributed by atoms with Crippen LogP contribution in [0.2, 0.25) is 0 Å². The van der Waals surface area contributed by atoms with E-state index >= 15 is 0 Å². The molecule has 0 aliphatic heterocycles. The zero-order valence-corrected chi connectivity index (χ0v) is 18.4. The lowest BCUT2D eigenvalue weighted by atomic mass is 10.1. The summed E-state index contributed by atoms with van der Waals surface area (Å²) in [6.45, 7) is 6.90. The Kier molecular flexibility index (Phi) is 18.3. The van der Waals surface area contributed by atoms with E-state index in [0.717, 1.165) is 25.7 Å². The van der Waals surface area contributed by atoms with Gasteiger partial charge in [-0.05, 0) is 12.8 Å². The molecule has 0 radical (unpaired) electrons. The normalized spacial score (nSPS) is 11.8. The Labute approximate surface area is 168 Å². The second-order valence-corrected chi connectivity index (χ2v) is 7.90. The van der Waals surface area contributed by atoms with E-state index in [0.29, 0.717) is 13.2 Å². The third kappa shape index (κ3) is 16.1. The van der Waals surface area contributed by atoms with Crippen LogP contribution >= 0.6 is 0 Å². The number of rotatable bonds is 21. The molecule has 0 aliphatic carbocycles. The quantitative estimate of drug-likeness (QED) is 0.169. The number of hydrogen-bond acceptors (Lipinski definition) is 3. The minimum atomic E-state index is -1.50. The average molecular weight is 387 g/mol. The summed E-state index contributed by atoms with van der Waals surface area (Å²) in [7, 11) is 0. The molecule has 0 aromatic heterocycles. The van der Waals surface area contributed by atoms with E-state index in [2.05, 4.69) is 13.8 Å². The number of aliphatic carboxylic acids is 1. The highest BCUT2D eigenvalue weighted by atomic mass is 16.7. The maximum absolute atomic E-state index is 11.5. The zero-order valence-electron chi connectivity index (χ0n) is 18.4. The van der Waals surface area contributed by atoms with Crippen molar-refractivity contribution in [3.8, 4) is 0 Å². The number of carboxylic acid groups (broad SMARTS) is 1. The molecule has 162 valence electrons. The van der Waals surface area contributed by atoms with Gasteiger partial charge in [0.05, 0.1) is 13.2 Å². The van der Waals surface area contributed by atoms with Crippen LogP contribution in [0.4, 0.5) is 0 Å². The summed E-state index contributed by atoms with van der Waals surface area (Å²) in [5.41, 5.74) is 0. The third-order valence-corrected chi connectivity index (χ3v) is 5.14. The number of carbonyl (C=O) groups is 1. The molecule has 0 heterocycles. The molecule has 0 aliphatic rings. The Hall–Kier alpha value is -0.610. The summed E-state index contributed by atoms with van der Waals surface area (Å²) >= 11 is 0. The van der Waals surface area contributed by atoms with Gasteiger partial charge in [-0.25, -0.2) is 4.79 Å². The Bertz CT molecular complexity index is 308. The standard InChI is InChI=1S/C23H46O4/c1-4-6-8-10-12-14-16-18-20-26-23(3,22(24)25)27-21-19-17-15-13-11-9-7-5-2/h4-21H2,1-3H3,(H,24,25). The van der Waals surface area contributed by atoms with Gasteiger partial charge in [-0.2, -0.15) is 0 Å². The largest absolute Gasteiger partial charge is 0.477 e. The molecule has 4 nitrogen and oxygen atoms in total. The smallest absolute Gasteiger partial charge is 0.364 e. The van der Waals surface area contributed by atoms with Gasteiger partial charge in [-0.3, -0.25) is 0 Å². The first kappa shape index (κ1) is 26.4. The molecule has 0 saturated carbocycles. The van der Waals surface area contributed by atoms with Crippen LogP contribution in [0.25, 0.3) is 0 Å². The predicted octanol–water partition coefficient (Wildman–Crippen LogP) is 7.10. The summed E-state index contributed by atoms with van der Waals surface area (Å²) in [5.74, 6) is -2.52. The van der Waals surface area contributed by atoms with E-state index in [1.165, 1.54) is 84.0 Å². The molecule has 0 atom stereocenters. The van der Waals surface area contributed by atoms with E-state index in [4.69, 9.17) is 9.47 Å². The first-order valence-electron chi connectivity index (χ1n) is 11.6. The molecule has 0 bridgehead atoms. The highest BCUT2D eigenvalue weighted by molar-refractivity contribution is 5.75. The SMILES string of the molecule is CCCCCCCCCCOC(C)(OCCCCCCCCCC)C(=O)O. The second kappa shape index (κ2) is 18.7. The molecule has 0 amide bonds. The van der Waals surface area contributed by atoms with Gasteiger partial charge in [-0.15, -0.1) is 0 Å². The van der Waals surface area contributed by atoms with Crippen molar-refractivity contribution >= 4 is 5.97 Å². The number of unbranched alkanes of at least 4 members (excludes halogenated alkanes) is 14. The summed E-state index contributed by atoms with van der Waals surface area (Å²) in [6.07, 6.45) is 19.4. The van der Waals surface area contributed by atoms with Crippen molar-refractivity contribution in [2.75, 3.05) is 13.2 Å². The molecule has 4 heteroatoms. The van der Waals surface area contributed by atoms with E-state index in [9.17, 15) is 9.90 Å². The third-order valence-electron chi connectivity index (χ3n) is 5.14. The Balaban J connectivity index is 3.69. The van der Waals surface area contributed by atoms with Crippen LogP contribution < -0.4 is 0 Å². The molecule has 1 N–H and O–H groups in total. The van der Waals surface area contributed by atoms with Crippen molar-refractivity contribution in [1.82, 2.24) is 0 Å². The highest BCUT2D eigenvalue weighted by Gasteiger charge is 2.35. The lowest BCUT2D eigenvalue weighted by molar-refractivity contribution is -0.237. The lowest BCUT2D eigenvalue weighted by Crippen LogP contribution is -2.42. The van der Waals surface area contributed by atoms with Gasteiger partial charge >= 0.3 is 5.97 Å². The fourth-order valence-electron chi connectivity index (χ4n) is 3.17. The van der Waals surface area contributed by atoms with Crippen LogP contribution in [0.3, 0.4) is 0 Å². The Morgan fingerprint density at radius 3 is 1.22 bits per heavy atom. The van der Waals surface area contributed by atoms with E-state index < -0.39 is 11.8 Å². The van der Waals surface area contributed by atoms with Gasteiger partial charge in [0, 0.05) is 6.92 Å². The highest BCUT2D eigenvalue weighted by Crippen LogP contribution is 2.17. The molecule has 0 spiro atoms. The van der Waals surface area contributed by atoms with Crippen LogP contribution in [0, 0.1) is 0 Å². The predicted molar refractivity (Wildman–Crippen MR) is 113 cm³/mol. The summed E-state index contributed by atoms with van der Waals surface area (Å²) in [6, 6.07) is 0. The summed E-state index contributed by atoms with van der Waals surface area (Å²) in [4.78, 5) is 11.5. The number of carboxylic acids is 1. The van der Waals surface area contributed by atoms with Crippen molar-refractivity contribution in [2.24, 2.45) is 0 Å². The second-order valence-electron chi connectivity index (χ2n) is 7.90. The molecule has 0 fully saturated rings. The van der Waals surface area contributed by atoms with Gasteiger partial charge in [0.15, 0.2) is 0 Å². The van der Waals surface area contributed by atoms with Gasteiger partial charge in [0.1, 0.15) is 0 Å². The fraction of sp³-hybridized carbons (Fsp3) is 0.957. The van der Waals surface area contributed by atoms with Crippen molar-refractivity contribution < 1.29 is 19.4 Å². The Morgan fingerprint density at radius 2 is 0.926 bits per heavy atom. The zero-order chi connectivity index (χ0) is 20.2.